The maximum absolute atomic E-state index is 5.42. The van der Waals surface area contributed by atoms with E-state index in [4.69, 9.17) is 9.47 Å². The number of methoxy groups -OCH3 is 2. The number of benzene rings is 2. The van der Waals surface area contributed by atoms with Crippen LogP contribution in [0, 0.1) is 0 Å². The highest BCUT2D eigenvalue weighted by Gasteiger charge is 2.14. The highest BCUT2D eigenvalue weighted by atomic mass is 32.2. The van der Waals surface area contributed by atoms with Crippen LogP contribution in [0.2, 0.25) is 0 Å². The molecule has 3 aromatic rings. The highest BCUT2D eigenvalue weighted by Crippen LogP contribution is 2.29. The molecule has 130 valence electrons. The van der Waals surface area contributed by atoms with Crippen molar-refractivity contribution in [3.8, 4) is 22.9 Å². The molecule has 25 heavy (non-hydrogen) atoms. The summed E-state index contributed by atoms with van der Waals surface area (Å²) in [6.45, 7) is 2.91. The third kappa shape index (κ3) is 3.79. The van der Waals surface area contributed by atoms with Gasteiger partial charge in [-0.25, -0.2) is 0 Å². The monoisotopic (exact) mass is 355 g/mol. The van der Waals surface area contributed by atoms with E-state index >= 15 is 0 Å². The van der Waals surface area contributed by atoms with Crippen molar-refractivity contribution in [3.63, 3.8) is 0 Å². The quantitative estimate of drug-likeness (QED) is 0.592. The second-order valence-electron chi connectivity index (χ2n) is 5.38. The Morgan fingerprint density at radius 2 is 1.72 bits per heavy atom. The molecule has 1 heterocycles. The number of para-hydroxylation sites is 1. The first-order valence-electron chi connectivity index (χ1n) is 8.09. The summed E-state index contributed by atoms with van der Waals surface area (Å²) in [6.07, 6.45) is 0. The third-order valence-corrected chi connectivity index (χ3v) is 4.95. The standard InChI is InChI=1S/C19H21N3O2S/c1-4-22-18(14-9-11-16(23-2)12-10-14)20-21-19(22)25-13-15-7-5-6-8-17(15)24-3/h5-12H,4,13H2,1-3H3. The van der Waals surface area contributed by atoms with Crippen LogP contribution in [-0.4, -0.2) is 29.0 Å². The van der Waals surface area contributed by atoms with Crippen molar-refractivity contribution in [2.45, 2.75) is 24.4 Å². The molecule has 0 saturated heterocycles. The summed E-state index contributed by atoms with van der Waals surface area (Å²) >= 11 is 1.66. The predicted molar refractivity (Wildman–Crippen MR) is 100 cm³/mol. The predicted octanol–water partition coefficient (Wildman–Crippen LogP) is 4.27. The summed E-state index contributed by atoms with van der Waals surface area (Å²) in [4.78, 5) is 0. The van der Waals surface area contributed by atoms with Crippen molar-refractivity contribution in [1.29, 1.82) is 0 Å². The fourth-order valence-electron chi connectivity index (χ4n) is 2.60. The first-order valence-corrected chi connectivity index (χ1v) is 9.07. The Kier molecular flexibility index (Phi) is 5.60. The molecule has 0 saturated carbocycles. The lowest BCUT2D eigenvalue weighted by molar-refractivity contribution is 0.411. The maximum Gasteiger partial charge on any atom is 0.191 e. The van der Waals surface area contributed by atoms with Crippen molar-refractivity contribution in [3.05, 3.63) is 54.1 Å². The number of ether oxygens (including phenoxy) is 2. The smallest absolute Gasteiger partial charge is 0.191 e. The van der Waals surface area contributed by atoms with E-state index in [1.165, 1.54) is 0 Å². The van der Waals surface area contributed by atoms with Gasteiger partial charge in [0.2, 0.25) is 0 Å². The third-order valence-electron chi connectivity index (χ3n) is 3.93. The molecule has 1 aromatic heterocycles. The molecule has 0 fully saturated rings. The Morgan fingerprint density at radius 1 is 0.960 bits per heavy atom. The molecule has 3 rings (SSSR count). The van der Waals surface area contributed by atoms with Gasteiger partial charge >= 0.3 is 0 Å². The van der Waals surface area contributed by atoms with Gasteiger partial charge in [-0.3, -0.25) is 0 Å². The Hall–Kier alpha value is -2.47. The van der Waals surface area contributed by atoms with Crippen LogP contribution in [0.3, 0.4) is 0 Å². The summed E-state index contributed by atoms with van der Waals surface area (Å²) in [5.41, 5.74) is 2.17. The van der Waals surface area contributed by atoms with E-state index in [2.05, 4.69) is 27.8 Å². The number of rotatable bonds is 7. The van der Waals surface area contributed by atoms with E-state index in [1.807, 2.05) is 42.5 Å². The van der Waals surface area contributed by atoms with E-state index < -0.39 is 0 Å². The van der Waals surface area contributed by atoms with Crippen LogP contribution in [0.1, 0.15) is 12.5 Å². The summed E-state index contributed by atoms with van der Waals surface area (Å²) in [7, 11) is 3.36. The minimum absolute atomic E-state index is 0.782. The zero-order valence-corrected chi connectivity index (χ0v) is 15.4. The average Bonchev–Trinajstić information content (AvgIpc) is 3.09. The fraction of sp³-hybridized carbons (Fsp3) is 0.263. The SMILES string of the molecule is CCn1c(SCc2ccccc2OC)nnc1-c1ccc(OC)cc1. The molecule has 0 aliphatic heterocycles. The van der Waals surface area contributed by atoms with Gasteiger partial charge in [0.15, 0.2) is 11.0 Å². The average molecular weight is 355 g/mol. The molecule has 0 aliphatic rings. The molecule has 0 aliphatic carbocycles. The Morgan fingerprint density at radius 3 is 2.40 bits per heavy atom. The van der Waals surface area contributed by atoms with Gasteiger partial charge in [-0.2, -0.15) is 0 Å². The molecule has 0 bridgehead atoms. The van der Waals surface area contributed by atoms with E-state index in [1.54, 1.807) is 26.0 Å². The van der Waals surface area contributed by atoms with Crippen LogP contribution >= 0.6 is 11.8 Å². The molecule has 0 N–H and O–H groups in total. The number of hydrogen-bond acceptors (Lipinski definition) is 5. The second-order valence-corrected chi connectivity index (χ2v) is 6.32. The van der Waals surface area contributed by atoms with Gasteiger partial charge in [0.1, 0.15) is 11.5 Å². The van der Waals surface area contributed by atoms with Crippen LogP contribution in [0.15, 0.2) is 53.7 Å². The van der Waals surface area contributed by atoms with Crippen LogP contribution in [-0.2, 0) is 12.3 Å². The maximum atomic E-state index is 5.42. The lowest BCUT2D eigenvalue weighted by Gasteiger charge is -2.09. The van der Waals surface area contributed by atoms with Gasteiger partial charge in [-0.15, -0.1) is 10.2 Å². The molecule has 6 heteroatoms. The fourth-order valence-corrected chi connectivity index (χ4v) is 3.59. The summed E-state index contributed by atoms with van der Waals surface area (Å²) in [6, 6.07) is 15.9. The molecule has 0 unspecified atom stereocenters. The minimum Gasteiger partial charge on any atom is -0.497 e. The first-order chi connectivity index (χ1) is 12.3. The Balaban J connectivity index is 1.82. The molecular weight excluding hydrogens is 334 g/mol. The normalized spacial score (nSPS) is 10.7. The molecular formula is C19H21N3O2S. The van der Waals surface area contributed by atoms with E-state index in [0.717, 1.165) is 45.9 Å². The second kappa shape index (κ2) is 8.07. The van der Waals surface area contributed by atoms with Crippen molar-refractivity contribution in [2.75, 3.05) is 14.2 Å². The van der Waals surface area contributed by atoms with E-state index in [-0.39, 0.29) is 0 Å². The first kappa shape index (κ1) is 17.4. The van der Waals surface area contributed by atoms with E-state index in [9.17, 15) is 0 Å². The van der Waals surface area contributed by atoms with Gasteiger partial charge < -0.3 is 14.0 Å². The number of aromatic nitrogens is 3. The number of thioether (sulfide) groups is 1. The van der Waals surface area contributed by atoms with Crippen LogP contribution in [0.4, 0.5) is 0 Å². The van der Waals surface area contributed by atoms with Crippen LogP contribution < -0.4 is 9.47 Å². The highest BCUT2D eigenvalue weighted by molar-refractivity contribution is 7.98. The molecule has 2 aromatic carbocycles. The molecule has 0 atom stereocenters. The molecule has 5 nitrogen and oxygen atoms in total. The topological polar surface area (TPSA) is 49.2 Å². The summed E-state index contributed by atoms with van der Waals surface area (Å²) < 4.78 is 12.8. The Bertz CT molecular complexity index is 831. The molecule has 0 amide bonds. The van der Waals surface area contributed by atoms with Gasteiger partial charge in [-0.05, 0) is 37.3 Å². The van der Waals surface area contributed by atoms with Crippen molar-refractivity contribution in [2.24, 2.45) is 0 Å². The summed E-state index contributed by atoms with van der Waals surface area (Å²) in [5, 5.41) is 9.67. The van der Waals surface area contributed by atoms with Gasteiger partial charge in [0.05, 0.1) is 14.2 Å². The van der Waals surface area contributed by atoms with E-state index in [0.29, 0.717) is 0 Å². The van der Waals surface area contributed by atoms with Crippen LogP contribution in [0.5, 0.6) is 11.5 Å². The molecule has 0 spiro atoms. The lowest BCUT2D eigenvalue weighted by atomic mass is 10.2. The Labute approximate surface area is 152 Å². The zero-order chi connectivity index (χ0) is 17.6. The summed E-state index contributed by atoms with van der Waals surface area (Å²) in [5.74, 6) is 3.38. The van der Waals surface area contributed by atoms with Crippen molar-refractivity contribution < 1.29 is 9.47 Å². The number of hydrogen-bond donors (Lipinski definition) is 0. The number of nitrogens with zero attached hydrogens (tertiary/aromatic N) is 3. The van der Waals surface area contributed by atoms with Gasteiger partial charge in [-0.1, -0.05) is 30.0 Å². The van der Waals surface area contributed by atoms with Gasteiger partial charge in [0, 0.05) is 23.4 Å². The van der Waals surface area contributed by atoms with Gasteiger partial charge in [0.25, 0.3) is 0 Å². The van der Waals surface area contributed by atoms with Crippen LogP contribution in [0.25, 0.3) is 11.4 Å². The largest absolute Gasteiger partial charge is 0.497 e. The van der Waals surface area contributed by atoms with Crippen molar-refractivity contribution >= 4 is 11.8 Å². The van der Waals surface area contributed by atoms with Crippen molar-refractivity contribution in [1.82, 2.24) is 14.8 Å². The minimum atomic E-state index is 0.782. The lowest BCUT2D eigenvalue weighted by Crippen LogP contribution is -2.00. The zero-order valence-electron chi connectivity index (χ0n) is 14.6. The molecule has 0 radical (unpaired) electrons.